The summed E-state index contributed by atoms with van der Waals surface area (Å²) in [6.07, 6.45) is -2.79. The molecule has 3 aliphatic rings. The number of piperazine rings is 1. The number of piperidine rings is 1. The van der Waals surface area contributed by atoms with Gasteiger partial charge in [0.15, 0.2) is 11.5 Å². The molecule has 1 amide bonds. The van der Waals surface area contributed by atoms with Crippen LogP contribution in [0.3, 0.4) is 0 Å². The van der Waals surface area contributed by atoms with Gasteiger partial charge in [0, 0.05) is 64.0 Å². The number of halogens is 3. The van der Waals surface area contributed by atoms with Gasteiger partial charge in [0.1, 0.15) is 11.6 Å². The molecule has 6 rings (SSSR count). The van der Waals surface area contributed by atoms with Gasteiger partial charge in [-0.25, -0.2) is 9.97 Å². The average Bonchev–Trinajstić information content (AvgIpc) is 3.55. The van der Waals surface area contributed by atoms with Gasteiger partial charge in [-0.3, -0.25) is 9.69 Å². The number of ether oxygens (including phenoxy) is 2. The molecule has 0 radical (unpaired) electrons. The number of rotatable bonds is 8. The van der Waals surface area contributed by atoms with Crippen molar-refractivity contribution in [2.24, 2.45) is 5.92 Å². The second-order valence-corrected chi connectivity index (χ2v) is 11.5. The zero-order valence-corrected chi connectivity index (χ0v) is 24.7. The molecule has 0 saturated carbocycles. The molecular weight excluding hydrogens is 587 g/mol. The van der Waals surface area contributed by atoms with Crippen LogP contribution in [0.15, 0.2) is 48.5 Å². The highest BCUT2D eigenvalue weighted by molar-refractivity contribution is 5.79. The first-order valence-corrected chi connectivity index (χ1v) is 15.1. The molecule has 0 spiro atoms. The van der Waals surface area contributed by atoms with Crippen LogP contribution in [0.4, 0.5) is 24.8 Å². The van der Waals surface area contributed by atoms with E-state index in [2.05, 4.69) is 26.3 Å². The van der Waals surface area contributed by atoms with Gasteiger partial charge in [0.25, 0.3) is 0 Å². The lowest BCUT2D eigenvalue weighted by molar-refractivity contribution is -0.144. The van der Waals surface area contributed by atoms with Gasteiger partial charge in [0.2, 0.25) is 18.5 Å². The number of carbonyl (C=O) groups excluding carboxylic acids is 1. The minimum absolute atomic E-state index is 0.129. The SMILES string of the molecule is N#Cc1ccc(CCNC(=O)[C@@H]2CCCN(c3cc(N4CCN(Cc5cccc6c5OCO6)CC4)nc(C(F)(F)F)n3)C2)cc1. The third kappa shape index (κ3) is 7.23. The van der Waals surface area contributed by atoms with E-state index < -0.39 is 12.0 Å². The number of nitrogens with one attached hydrogen (secondary N) is 1. The number of anilines is 2. The Kier molecular flexibility index (Phi) is 8.93. The molecule has 3 aliphatic heterocycles. The lowest BCUT2D eigenvalue weighted by atomic mass is 9.97. The quantitative estimate of drug-likeness (QED) is 0.400. The Labute approximate surface area is 259 Å². The second-order valence-electron chi connectivity index (χ2n) is 11.5. The molecule has 1 atom stereocenters. The maximum Gasteiger partial charge on any atom is 0.451 e. The summed E-state index contributed by atoms with van der Waals surface area (Å²) in [5, 5.41) is 11.9. The van der Waals surface area contributed by atoms with Crippen LogP contribution in [0, 0.1) is 17.2 Å². The number of amides is 1. The summed E-state index contributed by atoms with van der Waals surface area (Å²) < 4.78 is 52.9. The van der Waals surface area contributed by atoms with E-state index in [9.17, 15) is 18.0 Å². The van der Waals surface area contributed by atoms with Crippen molar-refractivity contribution in [3.8, 4) is 17.6 Å². The van der Waals surface area contributed by atoms with E-state index in [4.69, 9.17) is 14.7 Å². The first-order chi connectivity index (χ1) is 21.8. The van der Waals surface area contributed by atoms with Gasteiger partial charge in [-0.1, -0.05) is 24.3 Å². The number of fused-ring (bicyclic) bond motifs is 1. The van der Waals surface area contributed by atoms with Crippen molar-refractivity contribution >= 4 is 17.5 Å². The lowest BCUT2D eigenvalue weighted by Crippen LogP contribution is -2.47. The van der Waals surface area contributed by atoms with Gasteiger partial charge >= 0.3 is 6.18 Å². The molecular formula is C32H34F3N7O3. The summed E-state index contributed by atoms with van der Waals surface area (Å²) in [7, 11) is 0. The number of benzene rings is 2. The number of alkyl halides is 3. The van der Waals surface area contributed by atoms with E-state index >= 15 is 0 Å². The van der Waals surface area contributed by atoms with Crippen molar-refractivity contribution in [2.45, 2.75) is 32.0 Å². The van der Waals surface area contributed by atoms with Crippen molar-refractivity contribution in [1.82, 2.24) is 20.2 Å². The number of aromatic nitrogens is 2. The topological polar surface area (TPSA) is 107 Å². The zero-order valence-electron chi connectivity index (χ0n) is 24.7. The van der Waals surface area contributed by atoms with Gasteiger partial charge < -0.3 is 24.6 Å². The van der Waals surface area contributed by atoms with Crippen molar-refractivity contribution < 1.29 is 27.4 Å². The smallest absolute Gasteiger partial charge is 0.451 e. The molecule has 0 aliphatic carbocycles. The minimum atomic E-state index is -4.71. The van der Waals surface area contributed by atoms with E-state index in [-0.39, 0.29) is 36.8 Å². The highest BCUT2D eigenvalue weighted by Gasteiger charge is 2.37. The van der Waals surface area contributed by atoms with Crippen LogP contribution in [0.25, 0.3) is 0 Å². The Morgan fingerprint density at radius 2 is 1.76 bits per heavy atom. The highest BCUT2D eigenvalue weighted by atomic mass is 19.4. The Balaban J connectivity index is 1.09. The van der Waals surface area contributed by atoms with Crippen LogP contribution in [-0.4, -0.2) is 73.4 Å². The molecule has 4 heterocycles. The van der Waals surface area contributed by atoms with Gasteiger partial charge in [-0.15, -0.1) is 0 Å². The Bertz CT molecular complexity index is 1550. The minimum Gasteiger partial charge on any atom is -0.454 e. The molecule has 2 fully saturated rings. The number of hydrogen-bond donors (Lipinski definition) is 1. The first-order valence-electron chi connectivity index (χ1n) is 15.1. The fraction of sp³-hybridized carbons (Fsp3) is 0.438. The van der Waals surface area contributed by atoms with Crippen LogP contribution >= 0.6 is 0 Å². The second kappa shape index (κ2) is 13.2. The number of para-hydroxylation sites is 1. The molecule has 2 saturated heterocycles. The predicted molar refractivity (Wildman–Crippen MR) is 160 cm³/mol. The van der Waals surface area contributed by atoms with Crippen LogP contribution in [0.5, 0.6) is 11.5 Å². The summed E-state index contributed by atoms with van der Waals surface area (Å²) in [5.41, 5.74) is 2.59. The first kappa shape index (κ1) is 30.5. The summed E-state index contributed by atoms with van der Waals surface area (Å²) in [4.78, 5) is 26.7. The number of nitriles is 1. The van der Waals surface area contributed by atoms with Gasteiger partial charge in [-0.05, 0) is 43.0 Å². The van der Waals surface area contributed by atoms with E-state index in [1.54, 1.807) is 23.1 Å². The fourth-order valence-corrected chi connectivity index (χ4v) is 5.98. The maximum atomic E-state index is 14.0. The summed E-state index contributed by atoms with van der Waals surface area (Å²) in [6, 6.07) is 16.7. The van der Waals surface area contributed by atoms with Crippen LogP contribution in [-0.2, 0) is 23.9 Å². The molecule has 0 unspecified atom stereocenters. The van der Waals surface area contributed by atoms with E-state index in [1.807, 2.05) is 35.2 Å². The van der Waals surface area contributed by atoms with Gasteiger partial charge in [-0.2, -0.15) is 18.4 Å². The number of nitrogens with zero attached hydrogens (tertiary/aromatic N) is 6. The van der Waals surface area contributed by atoms with Crippen molar-refractivity contribution in [2.75, 3.05) is 62.4 Å². The third-order valence-electron chi connectivity index (χ3n) is 8.43. The van der Waals surface area contributed by atoms with Crippen LogP contribution in [0.2, 0.25) is 0 Å². The summed E-state index contributed by atoms with van der Waals surface area (Å²) in [5.74, 6) is 0.207. The standard InChI is InChI=1S/C32H34F3N7O3/c33-32(34,35)31-38-27(41-15-13-40(14-16-41)19-24-3-1-5-26-29(24)45-21-44-26)17-28(39-31)42-12-2-4-25(20-42)30(43)37-11-10-22-6-8-23(18-36)9-7-22/h1,3,5-9,17,25H,2,4,10-16,19-21H2,(H,37,43)/t25-/m1/s1. The normalized spacial score (nSPS) is 18.5. The molecule has 13 heteroatoms. The zero-order chi connectivity index (χ0) is 31.4. The largest absolute Gasteiger partial charge is 0.454 e. The molecule has 0 bridgehead atoms. The van der Waals surface area contributed by atoms with Crippen LogP contribution < -0.4 is 24.6 Å². The highest BCUT2D eigenvalue weighted by Crippen LogP contribution is 2.36. The molecule has 236 valence electrons. The average molecular weight is 622 g/mol. The number of carbonyl (C=O) groups is 1. The third-order valence-corrected chi connectivity index (χ3v) is 8.43. The van der Waals surface area contributed by atoms with E-state index in [0.29, 0.717) is 70.6 Å². The number of hydrogen-bond acceptors (Lipinski definition) is 9. The van der Waals surface area contributed by atoms with Crippen molar-refractivity contribution in [1.29, 1.82) is 5.26 Å². The van der Waals surface area contributed by atoms with Crippen LogP contribution in [0.1, 0.15) is 35.4 Å². The fourth-order valence-electron chi connectivity index (χ4n) is 5.98. The Morgan fingerprint density at radius 1 is 1.00 bits per heavy atom. The van der Waals surface area contributed by atoms with E-state index in [1.165, 1.54) is 0 Å². The molecule has 1 N–H and O–H groups in total. The molecule has 3 aromatic rings. The molecule has 45 heavy (non-hydrogen) atoms. The summed E-state index contributed by atoms with van der Waals surface area (Å²) in [6.45, 7) is 4.33. The maximum absolute atomic E-state index is 14.0. The van der Waals surface area contributed by atoms with E-state index in [0.717, 1.165) is 22.6 Å². The van der Waals surface area contributed by atoms with Gasteiger partial charge in [0.05, 0.1) is 17.6 Å². The summed E-state index contributed by atoms with van der Waals surface area (Å²) >= 11 is 0. The molecule has 2 aromatic carbocycles. The predicted octanol–water partition coefficient (Wildman–Crippen LogP) is 3.99. The lowest BCUT2D eigenvalue weighted by Gasteiger charge is -2.37. The monoisotopic (exact) mass is 621 g/mol. The Hall–Kier alpha value is -4.57. The Morgan fingerprint density at radius 3 is 2.49 bits per heavy atom. The van der Waals surface area contributed by atoms with Crippen molar-refractivity contribution in [3.63, 3.8) is 0 Å². The molecule has 1 aromatic heterocycles. The molecule has 10 nitrogen and oxygen atoms in total. The van der Waals surface area contributed by atoms with Crippen molar-refractivity contribution in [3.05, 3.63) is 71.0 Å².